The predicted molar refractivity (Wildman–Crippen MR) is 333 cm³/mol. The maximum atomic E-state index is 13.5. The Hall–Kier alpha value is -2.64. The van der Waals surface area contributed by atoms with Gasteiger partial charge in [0.1, 0.15) is 24.4 Å². The number of esters is 1. The van der Waals surface area contributed by atoms with Crippen molar-refractivity contribution in [3.8, 4) is 0 Å². The highest BCUT2D eigenvalue weighted by molar-refractivity contribution is 5.80. The van der Waals surface area contributed by atoms with Crippen LogP contribution in [0.4, 0.5) is 0 Å². The van der Waals surface area contributed by atoms with E-state index in [4.69, 9.17) is 14.2 Å². The molecule has 0 radical (unpaired) electrons. The molecule has 0 aromatic heterocycles. The van der Waals surface area contributed by atoms with Crippen LogP contribution in [0.1, 0.15) is 303 Å². The third-order valence-corrected chi connectivity index (χ3v) is 15.6. The van der Waals surface area contributed by atoms with Gasteiger partial charge >= 0.3 is 5.97 Å². The first-order valence-electron chi connectivity index (χ1n) is 33.6. The van der Waals surface area contributed by atoms with Gasteiger partial charge in [-0.25, -0.2) is 0 Å². The van der Waals surface area contributed by atoms with Gasteiger partial charge in [-0.15, -0.1) is 0 Å². The van der Waals surface area contributed by atoms with Gasteiger partial charge in [0, 0.05) is 6.42 Å². The lowest BCUT2D eigenvalue weighted by atomic mass is 9.99. The predicted octanol–water partition coefficient (Wildman–Crippen LogP) is 16.6. The van der Waals surface area contributed by atoms with Crippen molar-refractivity contribution in [1.29, 1.82) is 0 Å². The number of amides is 1. The number of nitrogens with one attached hydrogen (secondary N) is 1. The van der Waals surface area contributed by atoms with E-state index in [9.17, 15) is 35.1 Å². The van der Waals surface area contributed by atoms with Gasteiger partial charge in [0.15, 0.2) is 12.4 Å². The molecule has 8 unspecified atom stereocenters. The van der Waals surface area contributed by atoms with E-state index < -0.39 is 67.4 Å². The normalized spacial score (nSPS) is 19.1. The molecule has 0 aromatic carbocycles. The molecule has 1 aliphatic heterocycles. The van der Waals surface area contributed by atoms with Crippen LogP contribution in [-0.2, 0) is 23.8 Å². The Morgan fingerprint density at radius 2 is 0.863 bits per heavy atom. The third-order valence-electron chi connectivity index (χ3n) is 15.6. The third kappa shape index (κ3) is 44.0. The lowest BCUT2D eigenvalue weighted by molar-refractivity contribution is -0.305. The van der Waals surface area contributed by atoms with Crippen LogP contribution in [0.2, 0.25) is 0 Å². The van der Waals surface area contributed by atoms with E-state index in [0.717, 1.165) is 83.5 Å². The van der Waals surface area contributed by atoms with Crippen LogP contribution in [0.25, 0.3) is 0 Å². The summed E-state index contributed by atoms with van der Waals surface area (Å²) in [5, 5.41) is 57.1. The zero-order valence-corrected chi connectivity index (χ0v) is 51.7. The molecule has 0 saturated carbocycles. The number of aliphatic hydroxyl groups is 5. The maximum absolute atomic E-state index is 13.5. The van der Waals surface area contributed by atoms with Crippen molar-refractivity contribution in [1.82, 2.24) is 5.32 Å². The van der Waals surface area contributed by atoms with Gasteiger partial charge in [-0.1, -0.05) is 268 Å². The van der Waals surface area contributed by atoms with Crippen molar-refractivity contribution in [3.63, 3.8) is 0 Å². The monoisotopic (exact) mass is 1130 g/mol. The summed E-state index contributed by atoms with van der Waals surface area (Å²) in [5.74, 6) is -1.20. The summed E-state index contributed by atoms with van der Waals surface area (Å²) >= 11 is 0. The molecule has 80 heavy (non-hydrogen) atoms. The fourth-order valence-electron chi connectivity index (χ4n) is 10.3. The number of hydrogen-bond acceptors (Lipinski definition) is 10. The first-order chi connectivity index (χ1) is 39.2. The van der Waals surface area contributed by atoms with Gasteiger partial charge in [0.25, 0.3) is 0 Å². The minimum Gasteiger partial charge on any atom is -0.454 e. The number of aliphatic hydroxyl groups excluding tert-OH is 5. The molecule has 1 heterocycles. The molecule has 6 N–H and O–H groups in total. The molecule has 11 heteroatoms. The van der Waals surface area contributed by atoms with Crippen LogP contribution >= 0.6 is 0 Å². The lowest BCUT2D eigenvalue weighted by Gasteiger charge is -2.41. The molecule has 1 saturated heterocycles. The minimum absolute atomic E-state index is 0.115. The summed E-state index contributed by atoms with van der Waals surface area (Å²) in [6, 6.07) is -1.03. The minimum atomic E-state index is -1.62. The van der Waals surface area contributed by atoms with E-state index in [0.29, 0.717) is 12.8 Å². The second kappa shape index (κ2) is 56.8. The van der Waals surface area contributed by atoms with E-state index in [1.54, 1.807) is 6.08 Å². The van der Waals surface area contributed by atoms with Crippen LogP contribution in [0.5, 0.6) is 0 Å². The van der Waals surface area contributed by atoms with Crippen LogP contribution in [0.3, 0.4) is 0 Å². The first kappa shape index (κ1) is 75.4. The van der Waals surface area contributed by atoms with Crippen LogP contribution in [0, 0.1) is 0 Å². The van der Waals surface area contributed by atoms with Gasteiger partial charge in [0.05, 0.1) is 25.4 Å². The highest BCUT2D eigenvalue weighted by atomic mass is 16.7. The Balaban J connectivity index is 2.62. The van der Waals surface area contributed by atoms with Gasteiger partial charge in [-0.05, 0) is 89.9 Å². The Labute approximate surface area is 490 Å². The zero-order chi connectivity index (χ0) is 58.2. The van der Waals surface area contributed by atoms with Crippen molar-refractivity contribution in [3.05, 3.63) is 60.8 Å². The Kier molecular flexibility index (Phi) is 53.5. The van der Waals surface area contributed by atoms with Crippen molar-refractivity contribution in [2.75, 3.05) is 13.2 Å². The van der Waals surface area contributed by atoms with E-state index in [1.165, 1.54) is 173 Å². The molecule has 1 amide bonds. The fourth-order valence-corrected chi connectivity index (χ4v) is 10.3. The molecule has 1 aliphatic rings. The lowest BCUT2D eigenvalue weighted by Crippen LogP contribution is -2.61. The van der Waals surface area contributed by atoms with Gasteiger partial charge in [-0.3, -0.25) is 9.59 Å². The maximum Gasteiger partial charge on any atom is 0.306 e. The number of allylic oxidation sites excluding steroid dienone is 9. The van der Waals surface area contributed by atoms with E-state index >= 15 is 0 Å². The average Bonchev–Trinajstić information content (AvgIpc) is 3.48. The van der Waals surface area contributed by atoms with Crippen molar-refractivity contribution in [2.45, 2.75) is 352 Å². The van der Waals surface area contributed by atoms with Gasteiger partial charge in [0.2, 0.25) is 5.91 Å². The fraction of sp³-hybridized carbons (Fsp3) is 0.826. The molecular weight excluding hydrogens is 1000 g/mol. The smallest absolute Gasteiger partial charge is 0.306 e. The number of unbranched alkanes of at least 4 members (excludes halogenated alkanes) is 35. The summed E-state index contributed by atoms with van der Waals surface area (Å²) in [6.07, 6.45) is 61.1. The quantitative estimate of drug-likeness (QED) is 0.0195. The Morgan fingerprint density at radius 1 is 0.487 bits per heavy atom. The second-order valence-corrected chi connectivity index (χ2v) is 23.2. The standard InChI is InChI=1S/C69H125NO10/c1-4-7-10-13-16-19-22-25-27-29-30-31-32-33-35-36-38-41-44-47-50-53-56-62(73)68(77)70-60(61(72)55-52-49-46-43-40-24-21-18-15-12-9-6-3)59-78-69-67(66(76)65(75)63(58-71)79-69)80-64(74)57-54-51-48-45-42-39-37-34-28-26-23-20-17-14-11-8-5-2/h16-17,19-20,25-28,52,55,60-63,65-67,69,71-73,75-76H,4-15,18,21-24,29-51,53-54,56-59H2,1-3H3,(H,70,77)/b19-16-,20-17-,27-25-,28-26-,55-52+. The topological polar surface area (TPSA) is 175 Å². The van der Waals surface area contributed by atoms with E-state index in [1.807, 2.05) is 6.08 Å². The molecule has 466 valence electrons. The van der Waals surface area contributed by atoms with Crippen LogP contribution in [-0.4, -0.2) is 99.6 Å². The first-order valence-corrected chi connectivity index (χ1v) is 33.6. The van der Waals surface area contributed by atoms with Gasteiger partial charge < -0.3 is 45.1 Å². The van der Waals surface area contributed by atoms with E-state index in [2.05, 4.69) is 74.7 Å². The summed E-state index contributed by atoms with van der Waals surface area (Å²) < 4.78 is 17.7. The second-order valence-electron chi connectivity index (χ2n) is 23.2. The Morgan fingerprint density at radius 3 is 1.30 bits per heavy atom. The number of carbonyl (C=O) groups excluding carboxylic acids is 2. The van der Waals surface area contributed by atoms with Crippen LogP contribution < -0.4 is 5.32 Å². The molecule has 0 aliphatic carbocycles. The number of hydrogen-bond donors (Lipinski definition) is 6. The molecule has 11 nitrogen and oxygen atoms in total. The average molecular weight is 1130 g/mol. The highest BCUT2D eigenvalue weighted by Gasteiger charge is 2.47. The van der Waals surface area contributed by atoms with Crippen molar-refractivity contribution in [2.24, 2.45) is 0 Å². The van der Waals surface area contributed by atoms with Gasteiger partial charge in [-0.2, -0.15) is 0 Å². The molecule has 1 fully saturated rings. The van der Waals surface area contributed by atoms with Crippen molar-refractivity contribution < 1.29 is 49.3 Å². The molecule has 8 atom stereocenters. The summed E-state index contributed by atoms with van der Waals surface area (Å²) in [5.41, 5.74) is 0. The number of ether oxygens (including phenoxy) is 3. The van der Waals surface area contributed by atoms with E-state index in [-0.39, 0.29) is 19.4 Å². The Bertz CT molecular complexity index is 1530. The molecule has 0 bridgehead atoms. The summed E-state index contributed by atoms with van der Waals surface area (Å²) in [6.45, 7) is 5.76. The number of rotatable bonds is 57. The number of carbonyl (C=O) groups is 2. The van der Waals surface area contributed by atoms with Crippen molar-refractivity contribution >= 4 is 11.9 Å². The SMILES string of the molecule is CCCCC/C=C\C/C=C\CCCCCCCCCCCCCCC(O)C(=O)NC(COC1OC(CO)C(O)C(O)C1OC(=O)CCCCCCCCC/C=C\C/C=C\CCCCC)C(O)/C=C/CCCCCCCCCCCC. The van der Waals surface area contributed by atoms with Crippen LogP contribution in [0.15, 0.2) is 60.8 Å². The molecule has 0 aromatic rings. The zero-order valence-electron chi connectivity index (χ0n) is 51.7. The summed E-state index contributed by atoms with van der Waals surface area (Å²) in [7, 11) is 0. The highest BCUT2D eigenvalue weighted by Crippen LogP contribution is 2.26. The summed E-state index contributed by atoms with van der Waals surface area (Å²) in [4.78, 5) is 26.6. The molecule has 1 rings (SSSR count). The molecular formula is C69H125NO10. The molecule has 0 spiro atoms. The largest absolute Gasteiger partial charge is 0.454 e.